The van der Waals surface area contributed by atoms with Crippen LogP contribution >= 0.6 is 45.3 Å². The lowest BCUT2D eigenvalue weighted by atomic mass is 10.2. The Morgan fingerprint density at radius 2 is 1.89 bits per heavy atom. The highest BCUT2D eigenvalue weighted by Crippen LogP contribution is 2.34. The zero-order chi connectivity index (χ0) is 14.0. The molecule has 0 aliphatic rings. The highest BCUT2D eigenvalue weighted by molar-refractivity contribution is 8.72. The average Bonchev–Trinajstić information content (AvgIpc) is 2.69. The van der Waals surface area contributed by atoms with Crippen molar-refractivity contribution < 1.29 is 8.42 Å². The molecule has 0 fully saturated rings. The lowest BCUT2D eigenvalue weighted by molar-refractivity contribution is 0.609. The first-order chi connectivity index (χ1) is 8.87. The summed E-state index contributed by atoms with van der Waals surface area (Å²) in [6.45, 7) is 0. The first kappa shape index (κ1) is 14.9. The van der Waals surface area contributed by atoms with E-state index in [1.807, 2.05) is 0 Å². The molecule has 0 bridgehead atoms. The Labute approximate surface area is 127 Å². The van der Waals surface area contributed by atoms with Gasteiger partial charge in [0.15, 0.2) is 4.34 Å². The van der Waals surface area contributed by atoms with Gasteiger partial charge in [-0.05, 0) is 12.1 Å². The Balaban J connectivity index is 2.22. The number of nitrogens with two attached hydrogens (primary N) is 1. The summed E-state index contributed by atoms with van der Waals surface area (Å²) in [7, 11) is -2.92. The van der Waals surface area contributed by atoms with Crippen LogP contribution in [-0.2, 0) is 14.6 Å². The van der Waals surface area contributed by atoms with E-state index >= 15 is 0 Å². The molecule has 0 aliphatic carbocycles. The second kappa shape index (κ2) is 5.84. The maximum atomic E-state index is 12.0. The molecule has 2 aromatic rings. The predicted molar refractivity (Wildman–Crippen MR) is 79.3 cm³/mol. The minimum absolute atomic E-state index is 0.216. The molecule has 1 heterocycles. The van der Waals surface area contributed by atoms with Crippen LogP contribution in [0.3, 0.4) is 0 Å². The van der Waals surface area contributed by atoms with Crippen LogP contribution in [0.15, 0.2) is 22.5 Å². The van der Waals surface area contributed by atoms with Crippen LogP contribution in [0, 0.1) is 0 Å². The van der Waals surface area contributed by atoms with Crippen molar-refractivity contribution >= 4 is 59.3 Å². The van der Waals surface area contributed by atoms with Crippen molar-refractivity contribution in [3.05, 3.63) is 33.8 Å². The molecule has 0 unspecified atom stereocenters. The molecule has 1 aromatic heterocycles. The van der Waals surface area contributed by atoms with E-state index in [1.54, 1.807) is 18.2 Å². The van der Waals surface area contributed by atoms with Gasteiger partial charge in [0, 0.05) is 26.4 Å². The number of rotatable bonds is 4. The molecule has 102 valence electrons. The first-order valence-corrected chi connectivity index (χ1v) is 9.37. The van der Waals surface area contributed by atoms with Gasteiger partial charge in [0.1, 0.15) is 0 Å². The van der Waals surface area contributed by atoms with Crippen LogP contribution in [0.4, 0.5) is 5.13 Å². The summed E-state index contributed by atoms with van der Waals surface area (Å²) >= 11 is 12.9. The van der Waals surface area contributed by atoms with Gasteiger partial charge in [0.05, 0.1) is 5.75 Å². The number of hydrogen-bond acceptors (Lipinski definition) is 7. The van der Waals surface area contributed by atoms with Crippen LogP contribution in [0.1, 0.15) is 5.56 Å². The molecule has 0 spiro atoms. The number of anilines is 1. The van der Waals surface area contributed by atoms with E-state index in [-0.39, 0.29) is 15.2 Å². The molecule has 0 atom stereocenters. The molecule has 19 heavy (non-hydrogen) atoms. The summed E-state index contributed by atoms with van der Waals surface area (Å²) in [6, 6.07) is 4.83. The largest absolute Gasteiger partial charge is 0.374 e. The Hall–Kier alpha value is -0.540. The van der Waals surface area contributed by atoms with E-state index in [0.717, 1.165) is 11.3 Å². The van der Waals surface area contributed by atoms with Gasteiger partial charge in [-0.15, -0.1) is 10.2 Å². The molecule has 0 aliphatic heterocycles. The van der Waals surface area contributed by atoms with Crippen LogP contribution < -0.4 is 5.73 Å². The Morgan fingerprint density at radius 1 is 1.26 bits per heavy atom. The Morgan fingerprint density at radius 3 is 2.42 bits per heavy atom. The maximum absolute atomic E-state index is 12.0. The number of halogens is 2. The normalized spacial score (nSPS) is 11.7. The summed E-state index contributed by atoms with van der Waals surface area (Å²) in [5.74, 6) is -0.282. The summed E-state index contributed by atoms with van der Waals surface area (Å²) in [4.78, 5) is 0. The summed E-state index contributed by atoms with van der Waals surface area (Å²) in [5.41, 5.74) is 5.76. The highest BCUT2D eigenvalue weighted by Gasteiger charge is 2.20. The fourth-order valence-electron chi connectivity index (χ4n) is 1.24. The van der Waals surface area contributed by atoms with E-state index in [9.17, 15) is 8.42 Å². The third-order valence-electron chi connectivity index (χ3n) is 2.00. The molecule has 1 aromatic carbocycles. The molecule has 2 rings (SSSR count). The Kier molecular flexibility index (Phi) is 4.57. The van der Waals surface area contributed by atoms with Crippen LogP contribution in [0.25, 0.3) is 0 Å². The van der Waals surface area contributed by atoms with Gasteiger partial charge in [0.2, 0.25) is 14.0 Å². The van der Waals surface area contributed by atoms with Crippen molar-refractivity contribution in [1.29, 1.82) is 0 Å². The average molecular weight is 356 g/mol. The van der Waals surface area contributed by atoms with E-state index in [1.165, 1.54) is 0 Å². The molecule has 5 nitrogen and oxygen atoms in total. The molecule has 0 radical (unpaired) electrons. The topological polar surface area (TPSA) is 85.9 Å². The standard InChI is InChI=1S/C9H7Cl2N3O2S3/c10-6-2-1-3-7(11)5(6)4-19(15,16)18-9-14-13-8(12)17-9/h1-3H,4H2,(H2,12,13). The molecule has 0 saturated heterocycles. The van der Waals surface area contributed by atoms with Crippen molar-refractivity contribution in [2.24, 2.45) is 0 Å². The van der Waals surface area contributed by atoms with Crippen LogP contribution in [-0.4, -0.2) is 18.6 Å². The van der Waals surface area contributed by atoms with Gasteiger partial charge in [0.25, 0.3) is 0 Å². The van der Waals surface area contributed by atoms with Gasteiger partial charge in [-0.3, -0.25) is 0 Å². The summed E-state index contributed by atoms with van der Waals surface area (Å²) in [6.07, 6.45) is 0. The van der Waals surface area contributed by atoms with Crippen molar-refractivity contribution in [1.82, 2.24) is 10.2 Å². The highest BCUT2D eigenvalue weighted by atomic mass is 35.5. The zero-order valence-electron chi connectivity index (χ0n) is 9.21. The van der Waals surface area contributed by atoms with E-state index in [2.05, 4.69) is 10.2 Å². The predicted octanol–water partition coefficient (Wildman–Crippen LogP) is 3.05. The van der Waals surface area contributed by atoms with Crippen molar-refractivity contribution in [3.63, 3.8) is 0 Å². The first-order valence-electron chi connectivity index (χ1n) is 4.81. The second-order valence-corrected chi connectivity index (χ2v) is 9.45. The van der Waals surface area contributed by atoms with Gasteiger partial charge in [-0.1, -0.05) is 40.6 Å². The van der Waals surface area contributed by atoms with Gasteiger partial charge in [-0.2, -0.15) is 0 Å². The lowest BCUT2D eigenvalue weighted by Crippen LogP contribution is -2.00. The molecule has 0 saturated carbocycles. The summed E-state index contributed by atoms with van der Waals surface area (Å²) in [5, 5.41) is 8.04. The third kappa shape index (κ3) is 3.96. The van der Waals surface area contributed by atoms with Crippen molar-refractivity contribution in [3.8, 4) is 0 Å². The number of hydrogen-bond donors (Lipinski definition) is 1. The second-order valence-electron chi connectivity index (χ2n) is 3.39. The monoisotopic (exact) mass is 355 g/mol. The van der Waals surface area contributed by atoms with Crippen LogP contribution in [0.2, 0.25) is 10.0 Å². The van der Waals surface area contributed by atoms with E-state index in [4.69, 9.17) is 28.9 Å². The molecular formula is C9H7Cl2N3O2S3. The fourth-order valence-corrected chi connectivity index (χ4v) is 6.20. The number of benzene rings is 1. The van der Waals surface area contributed by atoms with Crippen LogP contribution in [0.5, 0.6) is 0 Å². The minimum Gasteiger partial charge on any atom is -0.374 e. The molecule has 10 heteroatoms. The van der Waals surface area contributed by atoms with E-state index < -0.39 is 8.87 Å². The molecule has 0 amide bonds. The van der Waals surface area contributed by atoms with Crippen molar-refractivity contribution in [2.75, 3.05) is 5.73 Å². The Bertz CT molecular complexity index is 682. The SMILES string of the molecule is Nc1nnc(SS(=O)(=O)Cc2c(Cl)cccc2Cl)s1. The summed E-state index contributed by atoms with van der Waals surface area (Å²) < 4.78 is 24.3. The quantitative estimate of drug-likeness (QED) is 0.848. The fraction of sp³-hybridized carbons (Fsp3) is 0.111. The minimum atomic E-state index is -3.52. The third-order valence-corrected chi connectivity index (χ3v) is 6.78. The van der Waals surface area contributed by atoms with E-state index in [0.29, 0.717) is 26.4 Å². The van der Waals surface area contributed by atoms with Gasteiger partial charge < -0.3 is 5.73 Å². The number of aromatic nitrogens is 2. The molecule has 2 N–H and O–H groups in total. The maximum Gasteiger partial charge on any atom is 0.212 e. The zero-order valence-corrected chi connectivity index (χ0v) is 13.2. The smallest absolute Gasteiger partial charge is 0.212 e. The number of nitrogens with zero attached hydrogens (tertiary/aromatic N) is 2. The van der Waals surface area contributed by atoms with Gasteiger partial charge in [-0.25, -0.2) is 8.42 Å². The number of nitrogen functional groups attached to an aromatic ring is 1. The molecular weight excluding hydrogens is 349 g/mol. The lowest BCUT2D eigenvalue weighted by Gasteiger charge is -2.06. The van der Waals surface area contributed by atoms with Gasteiger partial charge >= 0.3 is 0 Å². The van der Waals surface area contributed by atoms with Crippen molar-refractivity contribution in [2.45, 2.75) is 10.1 Å².